The van der Waals surface area contributed by atoms with Crippen LogP contribution in [-0.2, 0) is 11.2 Å². The van der Waals surface area contributed by atoms with Gasteiger partial charge in [-0.2, -0.15) is 0 Å². The molecule has 0 radical (unpaired) electrons. The highest BCUT2D eigenvalue weighted by Gasteiger charge is 2.08. The summed E-state index contributed by atoms with van der Waals surface area (Å²) in [6.45, 7) is 2.39. The fraction of sp³-hybridized carbons (Fsp3) is 0.278. The zero-order valence-electron chi connectivity index (χ0n) is 12.6. The smallest absolute Gasteiger partial charge is 0.220 e. The Kier molecular flexibility index (Phi) is 6.28. The van der Waals surface area contributed by atoms with Gasteiger partial charge in [-0.3, -0.25) is 4.79 Å². The van der Waals surface area contributed by atoms with Crippen molar-refractivity contribution in [3.8, 4) is 5.75 Å². The van der Waals surface area contributed by atoms with Crippen molar-refractivity contribution in [3.05, 3.63) is 65.2 Å². The van der Waals surface area contributed by atoms with Crippen LogP contribution in [0, 0.1) is 0 Å². The molecule has 0 aliphatic heterocycles. The van der Waals surface area contributed by atoms with Gasteiger partial charge in [0.2, 0.25) is 5.91 Å². The minimum Gasteiger partial charge on any atom is -0.491 e. The number of para-hydroxylation sites is 1. The van der Waals surface area contributed by atoms with Crippen LogP contribution >= 0.6 is 11.6 Å². The van der Waals surface area contributed by atoms with E-state index in [2.05, 4.69) is 5.32 Å². The van der Waals surface area contributed by atoms with Crippen molar-refractivity contribution >= 4 is 17.5 Å². The Bertz CT molecular complexity index is 584. The summed E-state index contributed by atoms with van der Waals surface area (Å²) in [5.74, 6) is 0.837. The van der Waals surface area contributed by atoms with Gasteiger partial charge in [-0.15, -0.1) is 0 Å². The van der Waals surface area contributed by atoms with Crippen molar-refractivity contribution in [1.82, 2.24) is 5.32 Å². The van der Waals surface area contributed by atoms with Crippen LogP contribution < -0.4 is 10.1 Å². The molecule has 0 saturated heterocycles. The van der Waals surface area contributed by atoms with E-state index >= 15 is 0 Å². The third kappa shape index (κ3) is 5.78. The van der Waals surface area contributed by atoms with Crippen molar-refractivity contribution in [2.45, 2.75) is 25.8 Å². The molecule has 3 nitrogen and oxygen atoms in total. The summed E-state index contributed by atoms with van der Waals surface area (Å²) < 4.78 is 5.62. The Balaban J connectivity index is 1.68. The minimum atomic E-state index is -0.0297. The molecule has 0 heterocycles. The van der Waals surface area contributed by atoms with Crippen molar-refractivity contribution in [3.63, 3.8) is 0 Å². The first-order valence-corrected chi connectivity index (χ1v) is 7.73. The zero-order valence-corrected chi connectivity index (χ0v) is 13.3. The molecule has 0 saturated carbocycles. The normalized spacial score (nSPS) is 11.7. The van der Waals surface area contributed by atoms with Crippen molar-refractivity contribution in [2.75, 3.05) is 6.61 Å². The van der Waals surface area contributed by atoms with Crippen LogP contribution in [0.1, 0.15) is 18.9 Å². The second-order valence-electron chi connectivity index (χ2n) is 5.22. The Labute approximate surface area is 136 Å². The van der Waals surface area contributed by atoms with Crippen LogP contribution in [0.2, 0.25) is 5.02 Å². The van der Waals surface area contributed by atoms with Gasteiger partial charge in [0.1, 0.15) is 12.4 Å². The van der Waals surface area contributed by atoms with Crippen LogP contribution in [0.3, 0.4) is 0 Å². The molecule has 0 fully saturated rings. The summed E-state index contributed by atoms with van der Waals surface area (Å²) in [4.78, 5) is 11.9. The molecule has 1 N–H and O–H groups in total. The molecule has 4 heteroatoms. The van der Waals surface area contributed by atoms with E-state index in [1.807, 2.05) is 61.5 Å². The summed E-state index contributed by atoms with van der Waals surface area (Å²) in [7, 11) is 0. The lowest BCUT2D eigenvalue weighted by molar-refractivity contribution is -0.121. The molecule has 2 aromatic rings. The summed E-state index contributed by atoms with van der Waals surface area (Å²) in [6, 6.07) is 17.1. The van der Waals surface area contributed by atoms with E-state index in [-0.39, 0.29) is 11.9 Å². The van der Waals surface area contributed by atoms with Crippen molar-refractivity contribution in [2.24, 2.45) is 0 Å². The number of ether oxygens (including phenoxy) is 1. The van der Waals surface area contributed by atoms with E-state index in [0.29, 0.717) is 24.5 Å². The van der Waals surface area contributed by atoms with Crippen LogP contribution in [0.5, 0.6) is 5.75 Å². The maximum Gasteiger partial charge on any atom is 0.220 e. The highest BCUT2D eigenvalue weighted by molar-refractivity contribution is 6.30. The largest absolute Gasteiger partial charge is 0.491 e. The van der Waals surface area contributed by atoms with Gasteiger partial charge in [-0.05, 0) is 43.2 Å². The van der Waals surface area contributed by atoms with Gasteiger partial charge in [0.15, 0.2) is 0 Å². The number of carbonyl (C=O) groups excluding carboxylic acids is 1. The standard InChI is InChI=1S/C18H20ClNO2/c1-14(13-22-17-5-3-2-4-6-17)20-18(21)12-9-15-7-10-16(19)11-8-15/h2-8,10-11,14H,9,12-13H2,1H3,(H,20,21)/t14-/m1/s1. The molecule has 116 valence electrons. The molecule has 2 rings (SSSR count). The second kappa shape index (κ2) is 8.44. The summed E-state index contributed by atoms with van der Waals surface area (Å²) in [5, 5.41) is 3.65. The summed E-state index contributed by atoms with van der Waals surface area (Å²) >= 11 is 5.84. The highest BCUT2D eigenvalue weighted by atomic mass is 35.5. The molecule has 0 aliphatic rings. The first-order chi connectivity index (χ1) is 10.6. The van der Waals surface area contributed by atoms with Gasteiger partial charge in [-0.1, -0.05) is 41.9 Å². The number of hydrogen-bond donors (Lipinski definition) is 1. The number of halogens is 1. The number of rotatable bonds is 7. The lowest BCUT2D eigenvalue weighted by Crippen LogP contribution is -2.36. The fourth-order valence-corrected chi connectivity index (χ4v) is 2.16. The second-order valence-corrected chi connectivity index (χ2v) is 5.66. The van der Waals surface area contributed by atoms with Crippen LogP contribution in [-0.4, -0.2) is 18.6 Å². The van der Waals surface area contributed by atoms with Gasteiger partial charge in [0.25, 0.3) is 0 Å². The van der Waals surface area contributed by atoms with Gasteiger partial charge in [0.05, 0.1) is 6.04 Å². The predicted octanol–water partition coefficient (Wildman–Crippen LogP) is 3.86. The Morgan fingerprint density at radius 1 is 1.14 bits per heavy atom. The third-order valence-corrected chi connectivity index (χ3v) is 3.46. The van der Waals surface area contributed by atoms with E-state index in [9.17, 15) is 4.79 Å². The quantitative estimate of drug-likeness (QED) is 0.842. The predicted molar refractivity (Wildman–Crippen MR) is 89.3 cm³/mol. The topological polar surface area (TPSA) is 38.3 Å². The van der Waals surface area contributed by atoms with Crippen LogP contribution in [0.25, 0.3) is 0 Å². The molecule has 2 aromatic carbocycles. The molecule has 1 amide bonds. The van der Waals surface area contributed by atoms with Crippen LogP contribution in [0.15, 0.2) is 54.6 Å². The average molecular weight is 318 g/mol. The molecule has 0 aromatic heterocycles. The Morgan fingerprint density at radius 2 is 1.82 bits per heavy atom. The van der Waals surface area contributed by atoms with Gasteiger partial charge >= 0.3 is 0 Å². The van der Waals surface area contributed by atoms with E-state index in [0.717, 1.165) is 11.3 Å². The van der Waals surface area contributed by atoms with Gasteiger partial charge in [-0.25, -0.2) is 0 Å². The highest BCUT2D eigenvalue weighted by Crippen LogP contribution is 2.11. The number of carbonyl (C=O) groups is 1. The van der Waals surface area contributed by atoms with E-state index in [4.69, 9.17) is 16.3 Å². The fourth-order valence-electron chi connectivity index (χ4n) is 2.04. The molecule has 0 unspecified atom stereocenters. The number of aryl methyl sites for hydroxylation is 1. The number of benzene rings is 2. The van der Waals surface area contributed by atoms with Gasteiger partial charge in [0, 0.05) is 11.4 Å². The van der Waals surface area contributed by atoms with E-state index in [1.54, 1.807) is 0 Å². The van der Waals surface area contributed by atoms with E-state index < -0.39 is 0 Å². The number of amides is 1. The first kappa shape index (κ1) is 16.4. The maximum atomic E-state index is 11.9. The zero-order chi connectivity index (χ0) is 15.8. The molecule has 22 heavy (non-hydrogen) atoms. The minimum absolute atomic E-state index is 0.0270. The molecule has 0 aliphatic carbocycles. The lowest BCUT2D eigenvalue weighted by atomic mass is 10.1. The first-order valence-electron chi connectivity index (χ1n) is 7.35. The molecule has 1 atom stereocenters. The maximum absolute atomic E-state index is 11.9. The lowest BCUT2D eigenvalue weighted by Gasteiger charge is -2.15. The van der Waals surface area contributed by atoms with E-state index in [1.165, 1.54) is 0 Å². The average Bonchev–Trinajstić information content (AvgIpc) is 2.53. The number of hydrogen-bond acceptors (Lipinski definition) is 2. The van der Waals surface area contributed by atoms with Crippen molar-refractivity contribution < 1.29 is 9.53 Å². The van der Waals surface area contributed by atoms with Crippen LogP contribution in [0.4, 0.5) is 0 Å². The Hall–Kier alpha value is -2.00. The summed E-state index contributed by atoms with van der Waals surface area (Å²) in [5.41, 5.74) is 1.10. The molecular formula is C18H20ClNO2. The molecule has 0 spiro atoms. The molecule has 0 bridgehead atoms. The Morgan fingerprint density at radius 3 is 2.50 bits per heavy atom. The number of nitrogens with one attached hydrogen (secondary N) is 1. The summed E-state index contributed by atoms with van der Waals surface area (Å²) in [6.07, 6.45) is 1.16. The third-order valence-electron chi connectivity index (χ3n) is 3.20. The monoisotopic (exact) mass is 317 g/mol. The van der Waals surface area contributed by atoms with Crippen molar-refractivity contribution in [1.29, 1.82) is 0 Å². The SMILES string of the molecule is C[C@H](COc1ccccc1)NC(=O)CCc1ccc(Cl)cc1. The van der Waals surface area contributed by atoms with Gasteiger partial charge < -0.3 is 10.1 Å². The molecular weight excluding hydrogens is 298 g/mol.